The molecule has 3 N–H and O–H groups in total. The highest BCUT2D eigenvalue weighted by Gasteiger charge is 2.32. The van der Waals surface area contributed by atoms with Crippen molar-refractivity contribution >= 4 is 23.8 Å². The third-order valence-electron chi connectivity index (χ3n) is 5.17. The molecule has 0 radical (unpaired) electrons. The third-order valence-corrected chi connectivity index (χ3v) is 5.17. The molecule has 1 unspecified atom stereocenters. The Morgan fingerprint density at radius 2 is 2.06 bits per heavy atom. The Kier molecular flexibility index (Phi) is 6.61. The number of aromatic nitrogens is 2. The Hall–Kier alpha value is -4.12. The van der Waals surface area contributed by atoms with Crippen LogP contribution < -0.4 is 21.3 Å². The minimum Gasteiger partial charge on any atom is -0.398 e. The van der Waals surface area contributed by atoms with Gasteiger partial charge >= 0.3 is 6.36 Å². The number of alkyl halides is 3. The number of anilines is 2. The molecule has 0 aliphatic carbocycles. The van der Waals surface area contributed by atoms with E-state index in [1.807, 2.05) is 13.0 Å². The number of aliphatic imine (C=N–C) groups is 1. The summed E-state index contributed by atoms with van der Waals surface area (Å²) in [4.78, 5) is 21.4. The van der Waals surface area contributed by atoms with Crippen LogP contribution in [0, 0.1) is 0 Å². The average molecular weight is 485 g/mol. The van der Waals surface area contributed by atoms with Gasteiger partial charge in [0.15, 0.2) is 0 Å². The quantitative estimate of drug-likeness (QED) is 0.400. The van der Waals surface area contributed by atoms with E-state index in [0.717, 1.165) is 12.3 Å². The predicted octanol–water partition coefficient (Wildman–Crippen LogP) is 4.23. The highest BCUT2D eigenvalue weighted by Crippen LogP contribution is 2.30. The molecular weight excluding hydrogens is 463 g/mol. The molecule has 4 rings (SSSR count). The molecule has 182 valence electrons. The van der Waals surface area contributed by atoms with E-state index in [2.05, 4.69) is 20.0 Å². The van der Waals surface area contributed by atoms with Gasteiger partial charge in [0, 0.05) is 48.3 Å². The number of rotatable bonds is 6. The van der Waals surface area contributed by atoms with Crippen molar-refractivity contribution in [1.29, 1.82) is 0 Å². The van der Waals surface area contributed by atoms with Gasteiger partial charge in [0.1, 0.15) is 12.0 Å². The lowest BCUT2D eigenvalue weighted by Crippen LogP contribution is -2.31. The molecule has 0 amide bonds. The molecule has 1 atom stereocenters. The Morgan fingerprint density at radius 3 is 2.71 bits per heavy atom. The maximum Gasteiger partial charge on any atom is 0.574 e. The molecule has 8 nitrogen and oxygen atoms in total. The number of nitrogens with one attached hydrogen (secondary N) is 1. The first-order valence-corrected chi connectivity index (χ1v) is 10.6. The van der Waals surface area contributed by atoms with Gasteiger partial charge in [-0.15, -0.1) is 13.2 Å². The molecule has 1 aliphatic rings. The summed E-state index contributed by atoms with van der Waals surface area (Å²) in [7, 11) is 1.61. The summed E-state index contributed by atoms with van der Waals surface area (Å²) < 4.78 is 48.5. The van der Waals surface area contributed by atoms with Crippen molar-refractivity contribution < 1.29 is 22.6 Å². The summed E-state index contributed by atoms with van der Waals surface area (Å²) in [5.41, 5.74) is 8.61. The number of pyridine rings is 2. The maximum atomic E-state index is 13.7. The van der Waals surface area contributed by atoms with Gasteiger partial charge < -0.3 is 20.5 Å². The first-order valence-electron chi connectivity index (χ1n) is 10.6. The van der Waals surface area contributed by atoms with E-state index in [0.29, 0.717) is 40.4 Å². The van der Waals surface area contributed by atoms with Crippen molar-refractivity contribution in [1.82, 2.24) is 9.55 Å². The number of ether oxygens (including phenoxy) is 2. The van der Waals surface area contributed by atoms with Crippen molar-refractivity contribution in [2.75, 3.05) is 24.7 Å². The molecule has 1 aliphatic heterocycles. The van der Waals surface area contributed by atoms with Gasteiger partial charge in [0.05, 0.1) is 11.9 Å². The zero-order chi connectivity index (χ0) is 25.2. The van der Waals surface area contributed by atoms with Crippen LogP contribution in [0.3, 0.4) is 0 Å². The standard InChI is InChI=1S/C24H22F3N5O3/c1-3-34-21-8-5-15-11-18(14-4-7-19(28)16(10-14)12-29-2)23(33)32(22(15)31-21)17-6-9-20(30-13-17)35-24(25,26)27/h4-13,21,31H,3,28H2,1-2H3. The molecule has 1 aromatic carbocycles. The number of nitrogens with zero attached hydrogens (tertiary/aromatic N) is 3. The van der Waals surface area contributed by atoms with Crippen LogP contribution in [0.5, 0.6) is 5.88 Å². The minimum absolute atomic E-state index is 0.242. The highest BCUT2D eigenvalue weighted by atomic mass is 19.4. The van der Waals surface area contributed by atoms with Crippen LogP contribution in [-0.2, 0) is 4.74 Å². The van der Waals surface area contributed by atoms with Gasteiger partial charge in [-0.1, -0.05) is 12.1 Å². The number of nitrogen functional groups attached to an aromatic ring is 1. The van der Waals surface area contributed by atoms with Gasteiger partial charge in [0.25, 0.3) is 5.56 Å². The van der Waals surface area contributed by atoms with E-state index in [1.165, 1.54) is 10.6 Å². The molecule has 2 aromatic heterocycles. The van der Waals surface area contributed by atoms with Gasteiger partial charge in [-0.25, -0.2) is 4.98 Å². The Morgan fingerprint density at radius 1 is 1.26 bits per heavy atom. The fraction of sp³-hybridized carbons (Fsp3) is 0.208. The molecule has 0 fully saturated rings. The van der Waals surface area contributed by atoms with Crippen LogP contribution in [0.25, 0.3) is 22.9 Å². The first kappa shape index (κ1) is 24.0. The second-order valence-electron chi connectivity index (χ2n) is 7.52. The maximum absolute atomic E-state index is 13.7. The summed E-state index contributed by atoms with van der Waals surface area (Å²) in [6.45, 7) is 2.26. The zero-order valence-electron chi connectivity index (χ0n) is 18.8. The molecular formula is C24H22F3N5O3. The van der Waals surface area contributed by atoms with Crippen LogP contribution >= 0.6 is 0 Å². The summed E-state index contributed by atoms with van der Waals surface area (Å²) in [6.07, 6.45) is 0.977. The average Bonchev–Trinajstić information content (AvgIpc) is 2.80. The monoisotopic (exact) mass is 485 g/mol. The van der Waals surface area contributed by atoms with Crippen LogP contribution in [0.15, 0.2) is 58.5 Å². The van der Waals surface area contributed by atoms with E-state index in [4.69, 9.17) is 10.5 Å². The SMILES string of the molecule is CCOC1C=Cc2cc(-c3ccc(N)c(C=NC)c3)c(=O)n(-c3ccc(OC(F)(F)F)nc3)c2N1. The van der Waals surface area contributed by atoms with Crippen molar-refractivity contribution in [3.8, 4) is 22.7 Å². The second-order valence-corrected chi connectivity index (χ2v) is 7.52. The van der Waals surface area contributed by atoms with Gasteiger partial charge in [-0.3, -0.25) is 14.4 Å². The van der Waals surface area contributed by atoms with E-state index in [9.17, 15) is 18.0 Å². The second kappa shape index (κ2) is 9.63. The lowest BCUT2D eigenvalue weighted by molar-refractivity contribution is -0.276. The fourth-order valence-electron chi connectivity index (χ4n) is 3.69. The number of nitrogens with two attached hydrogens (primary N) is 1. The number of halogens is 3. The molecule has 3 heterocycles. The van der Waals surface area contributed by atoms with Crippen LogP contribution in [0.1, 0.15) is 18.1 Å². The summed E-state index contributed by atoms with van der Waals surface area (Å²) in [5.74, 6) is -0.224. The van der Waals surface area contributed by atoms with Crippen molar-refractivity contribution in [3.05, 3.63) is 70.2 Å². The molecule has 0 spiro atoms. The molecule has 0 saturated carbocycles. The normalized spacial score (nSPS) is 15.2. The fourth-order valence-corrected chi connectivity index (χ4v) is 3.69. The predicted molar refractivity (Wildman–Crippen MR) is 128 cm³/mol. The van der Waals surface area contributed by atoms with Crippen LogP contribution in [0.4, 0.5) is 24.7 Å². The molecule has 0 saturated heterocycles. The number of hydrogen-bond acceptors (Lipinski definition) is 7. The summed E-state index contributed by atoms with van der Waals surface area (Å²) in [6, 6.07) is 9.25. The smallest absolute Gasteiger partial charge is 0.398 e. The number of fused-ring (bicyclic) bond motifs is 1. The van der Waals surface area contributed by atoms with E-state index >= 15 is 0 Å². The van der Waals surface area contributed by atoms with Gasteiger partial charge in [0.2, 0.25) is 5.88 Å². The molecule has 11 heteroatoms. The largest absolute Gasteiger partial charge is 0.574 e. The molecule has 0 bridgehead atoms. The lowest BCUT2D eigenvalue weighted by atomic mass is 10.0. The highest BCUT2D eigenvalue weighted by molar-refractivity contribution is 5.89. The summed E-state index contributed by atoms with van der Waals surface area (Å²) >= 11 is 0. The Bertz CT molecular complexity index is 1350. The van der Waals surface area contributed by atoms with E-state index in [1.54, 1.807) is 43.6 Å². The van der Waals surface area contributed by atoms with Crippen LogP contribution in [-0.4, -0.2) is 42.0 Å². The van der Waals surface area contributed by atoms with Crippen molar-refractivity contribution in [2.45, 2.75) is 19.5 Å². The van der Waals surface area contributed by atoms with Gasteiger partial charge in [-0.05, 0) is 42.8 Å². The van der Waals surface area contributed by atoms with Gasteiger partial charge in [-0.2, -0.15) is 0 Å². The van der Waals surface area contributed by atoms with E-state index < -0.39 is 24.0 Å². The minimum atomic E-state index is -4.88. The zero-order valence-corrected chi connectivity index (χ0v) is 18.8. The number of benzene rings is 1. The Balaban J connectivity index is 1.89. The third kappa shape index (κ3) is 5.19. The topological polar surface area (TPSA) is 104 Å². The molecule has 35 heavy (non-hydrogen) atoms. The summed E-state index contributed by atoms with van der Waals surface area (Å²) in [5, 5.41) is 3.15. The van der Waals surface area contributed by atoms with Crippen molar-refractivity contribution in [2.24, 2.45) is 4.99 Å². The first-order chi connectivity index (χ1) is 16.7. The van der Waals surface area contributed by atoms with Crippen molar-refractivity contribution in [3.63, 3.8) is 0 Å². The Labute approximate surface area is 198 Å². The van der Waals surface area contributed by atoms with Crippen LogP contribution in [0.2, 0.25) is 0 Å². The number of hydrogen-bond donors (Lipinski definition) is 2. The van der Waals surface area contributed by atoms with E-state index in [-0.39, 0.29) is 5.69 Å². The molecule has 3 aromatic rings. The lowest BCUT2D eigenvalue weighted by Gasteiger charge is -2.26.